The molecule has 6 rings (SSSR count). The molecule has 1 amide bonds. The van der Waals surface area contributed by atoms with Gasteiger partial charge in [0.25, 0.3) is 0 Å². The largest absolute Gasteiger partial charge is 0.287 e. The number of carbonyl (C=O) groups excluding carboxylic acids is 1. The number of nitrogens with one attached hydrogen (secondary N) is 2. The number of hydrogen-bond acceptors (Lipinski definition) is 6. The van der Waals surface area contributed by atoms with Crippen LogP contribution in [-0.4, -0.2) is 31.5 Å². The minimum Gasteiger partial charge on any atom is -0.287 e. The van der Waals surface area contributed by atoms with E-state index < -0.39 is 12.0 Å². The summed E-state index contributed by atoms with van der Waals surface area (Å²) in [5.41, 5.74) is 6.77. The molecule has 0 aliphatic carbocycles. The van der Waals surface area contributed by atoms with Crippen molar-refractivity contribution in [2.45, 2.75) is 18.4 Å². The summed E-state index contributed by atoms with van der Waals surface area (Å²) in [6.45, 7) is 0. The molecule has 2 atom stereocenters. The number of para-hydroxylation sites is 2. The van der Waals surface area contributed by atoms with Gasteiger partial charge in [-0.25, -0.2) is 9.67 Å². The van der Waals surface area contributed by atoms with Crippen molar-refractivity contribution < 1.29 is 4.79 Å². The summed E-state index contributed by atoms with van der Waals surface area (Å²) >= 11 is 1.44. The first-order valence-corrected chi connectivity index (χ1v) is 12.6. The third-order valence-corrected chi connectivity index (χ3v) is 7.42. The minimum absolute atomic E-state index is 0.0610. The van der Waals surface area contributed by atoms with Crippen molar-refractivity contribution in [2.24, 2.45) is 0 Å². The van der Waals surface area contributed by atoms with Crippen LogP contribution in [0.5, 0.6) is 0 Å². The fourth-order valence-corrected chi connectivity index (χ4v) is 5.63. The Labute approximate surface area is 216 Å². The van der Waals surface area contributed by atoms with E-state index in [1.807, 2.05) is 91.1 Å². The minimum atomic E-state index is -0.794. The van der Waals surface area contributed by atoms with E-state index in [2.05, 4.69) is 11.5 Å². The van der Waals surface area contributed by atoms with E-state index in [1.54, 1.807) is 4.68 Å². The van der Waals surface area contributed by atoms with Crippen molar-refractivity contribution in [2.75, 3.05) is 0 Å². The summed E-state index contributed by atoms with van der Waals surface area (Å²) in [5, 5.41) is 26.1. The molecule has 37 heavy (non-hydrogen) atoms. The Morgan fingerprint density at radius 2 is 1.70 bits per heavy atom. The van der Waals surface area contributed by atoms with Crippen LogP contribution in [0.15, 0.2) is 91.1 Å². The molecule has 5 aromatic rings. The molecule has 3 aromatic carbocycles. The number of nitrogens with zero attached hydrogens (tertiary/aromatic N) is 5. The van der Waals surface area contributed by atoms with E-state index >= 15 is 0 Å². The average molecular weight is 504 g/mol. The third-order valence-electron chi connectivity index (χ3n) is 6.30. The number of hydrazine groups is 1. The highest BCUT2D eigenvalue weighted by Crippen LogP contribution is 2.42. The van der Waals surface area contributed by atoms with Gasteiger partial charge in [-0.15, -0.1) is 11.3 Å². The summed E-state index contributed by atoms with van der Waals surface area (Å²) < 4.78 is 2.74. The Kier molecular flexibility index (Phi) is 5.71. The topological polar surface area (TPSA) is 111 Å². The maximum Gasteiger partial charge on any atom is 0.246 e. The van der Waals surface area contributed by atoms with Gasteiger partial charge < -0.3 is 0 Å². The summed E-state index contributed by atoms with van der Waals surface area (Å²) in [4.78, 5) is 17.1. The van der Waals surface area contributed by atoms with Crippen LogP contribution >= 0.6 is 11.3 Å². The van der Waals surface area contributed by atoms with Crippen molar-refractivity contribution in [1.29, 1.82) is 10.7 Å². The second-order valence-corrected chi connectivity index (χ2v) is 9.74. The maximum absolute atomic E-state index is 12.4. The predicted molar refractivity (Wildman–Crippen MR) is 142 cm³/mol. The number of thiazole rings is 1. The summed E-state index contributed by atoms with van der Waals surface area (Å²) in [7, 11) is 0. The normalized spacial score (nSPS) is 14.9. The number of fused-ring (bicyclic) bond motifs is 1. The quantitative estimate of drug-likeness (QED) is 0.330. The number of hydrogen-bond donors (Lipinski definition) is 2. The molecule has 180 valence electrons. The Morgan fingerprint density at radius 1 is 1.00 bits per heavy atom. The van der Waals surface area contributed by atoms with Gasteiger partial charge in [-0.2, -0.15) is 10.4 Å². The summed E-state index contributed by atoms with van der Waals surface area (Å²) in [6, 6.07) is 28.9. The van der Waals surface area contributed by atoms with Crippen molar-refractivity contribution >= 4 is 33.3 Å². The molecule has 1 aliphatic heterocycles. The SMILES string of the molecule is N#CC(c1nc2ccccc2s1)C(c1nn(-c2ccccc2)cc1-c1ccccc1)N1NC(=O)CC1=N. The number of carbonyl (C=O) groups is 1. The number of aromatic nitrogens is 3. The van der Waals surface area contributed by atoms with Crippen molar-refractivity contribution in [1.82, 2.24) is 25.2 Å². The lowest BCUT2D eigenvalue weighted by Crippen LogP contribution is -2.41. The van der Waals surface area contributed by atoms with E-state index in [0.717, 1.165) is 27.0 Å². The molecule has 3 heterocycles. The van der Waals surface area contributed by atoms with Gasteiger partial charge in [-0.1, -0.05) is 60.7 Å². The number of benzene rings is 3. The second-order valence-electron chi connectivity index (χ2n) is 8.67. The molecule has 2 unspecified atom stereocenters. The fraction of sp³-hybridized carbons (Fsp3) is 0.107. The molecule has 2 N–H and O–H groups in total. The smallest absolute Gasteiger partial charge is 0.246 e. The van der Waals surface area contributed by atoms with Crippen molar-refractivity contribution in [3.63, 3.8) is 0 Å². The molecular formula is C28H21N7OS. The monoisotopic (exact) mass is 503 g/mol. The summed E-state index contributed by atoms with van der Waals surface area (Å²) in [6.07, 6.45) is 1.87. The molecular weight excluding hydrogens is 482 g/mol. The van der Waals surface area contributed by atoms with Crippen LogP contribution in [0.3, 0.4) is 0 Å². The molecule has 0 radical (unpaired) electrons. The van der Waals surface area contributed by atoms with Crippen LogP contribution in [0.1, 0.15) is 29.1 Å². The molecule has 2 aromatic heterocycles. The Morgan fingerprint density at radius 3 is 2.38 bits per heavy atom. The van der Waals surface area contributed by atoms with Gasteiger partial charge in [0.15, 0.2) is 0 Å². The molecule has 1 fully saturated rings. The Bertz CT molecular complexity index is 1620. The number of amidine groups is 1. The molecule has 0 bridgehead atoms. The number of nitriles is 1. The standard InChI is InChI=1S/C28H21N7OS/c29-16-20(28-31-22-13-7-8-14-23(22)37-28)27(35-24(30)15-25(36)32-35)26-21(18-9-3-1-4-10-18)17-34(33-26)19-11-5-2-6-12-19/h1-14,17,20,27,30H,15H2,(H,32,36). The second kappa shape index (κ2) is 9.33. The van der Waals surface area contributed by atoms with E-state index in [-0.39, 0.29) is 18.2 Å². The lowest BCUT2D eigenvalue weighted by molar-refractivity contribution is -0.121. The van der Waals surface area contributed by atoms with Gasteiger partial charge in [0.2, 0.25) is 5.91 Å². The van der Waals surface area contributed by atoms with Gasteiger partial charge in [0.1, 0.15) is 22.8 Å². The zero-order valence-electron chi connectivity index (χ0n) is 19.6. The van der Waals surface area contributed by atoms with E-state index in [9.17, 15) is 10.1 Å². The zero-order chi connectivity index (χ0) is 25.4. The maximum atomic E-state index is 12.4. The van der Waals surface area contributed by atoms with Crippen LogP contribution < -0.4 is 5.43 Å². The van der Waals surface area contributed by atoms with Crippen LogP contribution in [0.4, 0.5) is 0 Å². The lowest BCUT2D eigenvalue weighted by Gasteiger charge is -2.30. The highest BCUT2D eigenvalue weighted by Gasteiger charge is 2.41. The van der Waals surface area contributed by atoms with Gasteiger partial charge in [0.05, 0.1) is 34.1 Å². The molecule has 9 heteroatoms. The zero-order valence-corrected chi connectivity index (χ0v) is 20.4. The molecule has 0 spiro atoms. The van der Waals surface area contributed by atoms with E-state index in [4.69, 9.17) is 15.5 Å². The first-order chi connectivity index (χ1) is 18.1. The Balaban J connectivity index is 1.57. The Hall–Kier alpha value is -4.81. The van der Waals surface area contributed by atoms with E-state index in [1.165, 1.54) is 16.3 Å². The van der Waals surface area contributed by atoms with Crippen LogP contribution in [0, 0.1) is 16.7 Å². The molecule has 0 saturated carbocycles. The fourth-order valence-electron chi connectivity index (χ4n) is 4.59. The molecule has 1 saturated heterocycles. The first kappa shape index (κ1) is 22.6. The van der Waals surface area contributed by atoms with Gasteiger partial charge in [0, 0.05) is 11.8 Å². The first-order valence-electron chi connectivity index (χ1n) is 11.7. The highest BCUT2D eigenvalue weighted by atomic mass is 32.1. The average Bonchev–Trinajstić information content (AvgIpc) is 3.64. The van der Waals surface area contributed by atoms with Crippen molar-refractivity contribution in [3.05, 3.63) is 102 Å². The van der Waals surface area contributed by atoms with Crippen LogP contribution in [-0.2, 0) is 4.79 Å². The van der Waals surface area contributed by atoms with Crippen LogP contribution in [0.2, 0.25) is 0 Å². The summed E-state index contributed by atoms with van der Waals surface area (Å²) in [5.74, 6) is -0.998. The van der Waals surface area contributed by atoms with Gasteiger partial charge >= 0.3 is 0 Å². The van der Waals surface area contributed by atoms with Gasteiger partial charge in [-0.3, -0.25) is 20.6 Å². The van der Waals surface area contributed by atoms with E-state index in [0.29, 0.717) is 10.7 Å². The van der Waals surface area contributed by atoms with Crippen molar-refractivity contribution in [3.8, 4) is 22.9 Å². The molecule has 1 aliphatic rings. The highest BCUT2D eigenvalue weighted by molar-refractivity contribution is 7.18. The predicted octanol–water partition coefficient (Wildman–Crippen LogP) is 5.21. The van der Waals surface area contributed by atoms with Crippen LogP contribution in [0.25, 0.3) is 27.0 Å². The van der Waals surface area contributed by atoms with Gasteiger partial charge in [-0.05, 0) is 29.8 Å². The number of rotatable bonds is 6. The third kappa shape index (κ3) is 4.13. The lowest BCUT2D eigenvalue weighted by atomic mass is 9.93. The molecule has 8 nitrogen and oxygen atoms in total. The number of amides is 1.